The van der Waals surface area contributed by atoms with E-state index in [0.717, 1.165) is 23.4 Å². The number of fused-ring (bicyclic) bond motifs is 1. The fraction of sp³-hybridized carbons (Fsp3) is 0.235. The summed E-state index contributed by atoms with van der Waals surface area (Å²) < 4.78 is 1.33. The third-order valence-electron chi connectivity index (χ3n) is 3.67. The first kappa shape index (κ1) is 13.3. The number of aromatic nitrogens is 1. The third-order valence-corrected chi connectivity index (χ3v) is 4.68. The van der Waals surface area contributed by atoms with Crippen molar-refractivity contribution in [2.75, 3.05) is 0 Å². The van der Waals surface area contributed by atoms with E-state index in [4.69, 9.17) is 5.73 Å². The van der Waals surface area contributed by atoms with Gasteiger partial charge < -0.3 is 5.73 Å². The molecule has 0 saturated heterocycles. The second-order valence-corrected chi connectivity index (χ2v) is 6.11. The molecule has 3 heteroatoms. The average molecular weight is 282 g/mol. The molecule has 2 nitrogen and oxygen atoms in total. The molecule has 0 saturated carbocycles. The minimum absolute atomic E-state index is 0.00102. The van der Waals surface area contributed by atoms with Crippen molar-refractivity contribution in [3.05, 3.63) is 64.3 Å². The first-order chi connectivity index (χ1) is 9.65. The van der Waals surface area contributed by atoms with Gasteiger partial charge in [-0.15, -0.1) is 11.3 Å². The van der Waals surface area contributed by atoms with E-state index >= 15 is 0 Å². The van der Waals surface area contributed by atoms with E-state index < -0.39 is 0 Å². The number of thiophene rings is 1. The summed E-state index contributed by atoms with van der Waals surface area (Å²) in [6.45, 7) is 4.04. The zero-order valence-corrected chi connectivity index (χ0v) is 12.6. The summed E-state index contributed by atoms with van der Waals surface area (Å²) in [6.07, 6.45) is 0.857. The van der Waals surface area contributed by atoms with Crippen LogP contribution in [0.4, 0.5) is 0 Å². The van der Waals surface area contributed by atoms with Crippen LogP contribution in [0.3, 0.4) is 0 Å². The van der Waals surface area contributed by atoms with Crippen LogP contribution in [0, 0.1) is 13.8 Å². The van der Waals surface area contributed by atoms with Crippen LogP contribution >= 0.6 is 11.3 Å². The quantitative estimate of drug-likeness (QED) is 0.783. The van der Waals surface area contributed by atoms with Gasteiger partial charge >= 0.3 is 0 Å². The highest BCUT2D eigenvalue weighted by molar-refractivity contribution is 7.17. The van der Waals surface area contributed by atoms with E-state index in [0.29, 0.717) is 0 Å². The average Bonchev–Trinajstić information content (AvgIpc) is 2.82. The molecule has 1 unspecified atom stereocenters. The summed E-state index contributed by atoms with van der Waals surface area (Å²) >= 11 is 1.79. The summed E-state index contributed by atoms with van der Waals surface area (Å²) in [5, 5.41) is 3.55. The Morgan fingerprint density at radius 2 is 1.95 bits per heavy atom. The van der Waals surface area contributed by atoms with Crippen LogP contribution < -0.4 is 5.73 Å². The maximum Gasteiger partial charge on any atom is 0.0423 e. The van der Waals surface area contributed by atoms with E-state index in [9.17, 15) is 0 Å². The molecule has 0 aliphatic carbocycles. The van der Waals surface area contributed by atoms with Gasteiger partial charge in [0.1, 0.15) is 0 Å². The maximum atomic E-state index is 6.39. The van der Waals surface area contributed by atoms with Gasteiger partial charge in [0, 0.05) is 22.1 Å². The lowest BCUT2D eigenvalue weighted by Gasteiger charge is -2.14. The Hall–Kier alpha value is -1.71. The first-order valence-electron chi connectivity index (χ1n) is 6.80. The fourth-order valence-corrected chi connectivity index (χ4v) is 3.60. The van der Waals surface area contributed by atoms with Gasteiger partial charge in [-0.25, -0.2) is 0 Å². The van der Waals surface area contributed by atoms with E-state index in [1.54, 1.807) is 11.3 Å². The second kappa shape index (κ2) is 5.35. The topological polar surface area (TPSA) is 38.9 Å². The highest BCUT2D eigenvalue weighted by Crippen LogP contribution is 2.29. The van der Waals surface area contributed by atoms with E-state index in [1.165, 1.54) is 15.6 Å². The van der Waals surface area contributed by atoms with Crippen molar-refractivity contribution in [3.63, 3.8) is 0 Å². The summed E-state index contributed by atoms with van der Waals surface area (Å²) in [5.74, 6) is 0. The van der Waals surface area contributed by atoms with Gasteiger partial charge in [0.05, 0.1) is 0 Å². The summed E-state index contributed by atoms with van der Waals surface area (Å²) in [4.78, 5) is 4.51. The number of nitrogens with zero attached hydrogens (tertiary/aromatic N) is 1. The molecule has 1 aromatic carbocycles. The van der Waals surface area contributed by atoms with Crippen LogP contribution in [-0.2, 0) is 6.42 Å². The summed E-state index contributed by atoms with van der Waals surface area (Å²) in [6, 6.07) is 12.6. The summed E-state index contributed by atoms with van der Waals surface area (Å²) in [7, 11) is 0. The molecule has 0 aliphatic rings. The smallest absolute Gasteiger partial charge is 0.0423 e. The number of benzene rings is 1. The molecule has 0 aliphatic heterocycles. The number of hydrogen-bond donors (Lipinski definition) is 1. The van der Waals surface area contributed by atoms with Crippen LogP contribution in [0.2, 0.25) is 0 Å². The molecular weight excluding hydrogens is 264 g/mol. The van der Waals surface area contributed by atoms with Crippen molar-refractivity contribution < 1.29 is 0 Å². The van der Waals surface area contributed by atoms with Gasteiger partial charge in [0.2, 0.25) is 0 Å². The normalized spacial score (nSPS) is 12.8. The molecule has 0 radical (unpaired) electrons. The van der Waals surface area contributed by atoms with Gasteiger partial charge in [0.25, 0.3) is 0 Å². The zero-order valence-electron chi connectivity index (χ0n) is 11.8. The van der Waals surface area contributed by atoms with Crippen molar-refractivity contribution in [3.8, 4) is 0 Å². The van der Waals surface area contributed by atoms with Gasteiger partial charge in [-0.3, -0.25) is 4.98 Å². The molecule has 2 aromatic heterocycles. The third kappa shape index (κ3) is 2.47. The fourth-order valence-electron chi connectivity index (χ4n) is 2.63. The standard InChI is InChI=1S/C17H18N2S/c1-11-7-8-14(12(2)19-11)16(18)9-13-10-20-17-6-4-3-5-15(13)17/h3-8,10,16H,9,18H2,1-2H3. The molecule has 2 N–H and O–H groups in total. The molecule has 3 rings (SSSR count). The zero-order chi connectivity index (χ0) is 14.1. The molecule has 2 heterocycles. The van der Waals surface area contributed by atoms with E-state index in [-0.39, 0.29) is 6.04 Å². The largest absolute Gasteiger partial charge is 0.324 e. The number of hydrogen-bond acceptors (Lipinski definition) is 3. The monoisotopic (exact) mass is 282 g/mol. The lowest BCUT2D eigenvalue weighted by atomic mass is 9.98. The molecular formula is C17H18N2S. The molecule has 102 valence electrons. The first-order valence-corrected chi connectivity index (χ1v) is 7.68. The lowest BCUT2D eigenvalue weighted by Crippen LogP contribution is -2.15. The van der Waals surface area contributed by atoms with Crippen LogP contribution in [0.1, 0.15) is 28.6 Å². The lowest BCUT2D eigenvalue weighted by molar-refractivity contribution is 0.714. The van der Waals surface area contributed by atoms with Gasteiger partial charge in [0.15, 0.2) is 0 Å². The Morgan fingerprint density at radius 3 is 2.75 bits per heavy atom. The van der Waals surface area contributed by atoms with Crippen LogP contribution in [-0.4, -0.2) is 4.98 Å². The number of nitrogens with two attached hydrogens (primary N) is 1. The van der Waals surface area contributed by atoms with Gasteiger partial charge in [-0.05, 0) is 54.3 Å². The molecule has 1 atom stereocenters. The molecule has 20 heavy (non-hydrogen) atoms. The Labute approximate surface area is 123 Å². The predicted octanol–water partition coefficient (Wildman–Crippen LogP) is 4.16. The van der Waals surface area contributed by atoms with Crippen molar-refractivity contribution >= 4 is 21.4 Å². The minimum atomic E-state index is 0.00102. The Balaban J connectivity index is 1.90. The molecule has 0 bridgehead atoms. The number of pyridine rings is 1. The SMILES string of the molecule is Cc1ccc(C(N)Cc2csc3ccccc23)c(C)n1. The molecule has 0 fully saturated rings. The highest BCUT2D eigenvalue weighted by Gasteiger charge is 2.13. The Kier molecular flexibility index (Phi) is 3.55. The highest BCUT2D eigenvalue weighted by atomic mass is 32.1. The Morgan fingerprint density at radius 1 is 1.15 bits per heavy atom. The summed E-state index contributed by atoms with van der Waals surface area (Å²) in [5.41, 5.74) is 10.9. The Bertz CT molecular complexity index is 746. The minimum Gasteiger partial charge on any atom is -0.324 e. The van der Waals surface area contributed by atoms with E-state index in [2.05, 4.69) is 40.7 Å². The predicted molar refractivity (Wildman–Crippen MR) is 86.2 cm³/mol. The van der Waals surface area contributed by atoms with Crippen molar-refractivity contribution in [1.29, 1.82) is 0 Å². The maximum absolute atomic E-state index is 6.39. The van der Waals surface area contributed by atoms with Crippen molar-refractivity contribution in [2.24, 2.45) is 5.73 Å². The van der Waals surface area contributed by atoms with Crippen molar-refractivity contribution in [1.82, 2.24) is 4.98 Å². The van der Waals surface area contributed by atoms with Crippen LogP contribution in [0.5, 0.6) is 0 Å². The van der Waals surface area contributed by atoms with Gasteiger partial charge in [-0.1, -0.05) is 24.3 Å². The number of rotatable bonds is 3. The van der Waals surface area contributed by atoms with Gasteiger partial charge in [-0.2, -0.15) is 0 Å². The molecule has 0 spiro atoms. The van der Waals surface area contributed by atoms with E-state index in [1.807, 2.05) is 19.9 Å². The number of aryl methyl sites for hydroxylation is 2. The van der Waals surface area contributed by atoms with Crippen LogP contribution in [0.15, 0.2) is 41.8 Å². The molecule has 3 aromatic rings. The molecule has 0 amide bonds. The van der Waals surface area contributed by atoms with Crippen LogP contribution in [0.25, 0.3) is 10.1 Å². The second-order valence-electron chi connectivity index (χ2n) is 5.19. The van der Waals surface area contributed by atoms with Crippen molar-refractivity contribution in [2.45, 2.75) is 26.3 Å².